The summed E-state index contributed by atoms with van der Waals surface area (Å²) in [6.45, 7) is 10.3. The van der Waals surface area contributed by atoms with Gasteiger partial charge in [-0.3, -0.25) is 4.90 Å². The second-order valence-corrected chi connectivity index (χ2v) is 5.60. The van der Waals surface area contributed by atoms with Gasteiger partial charge in [-0.15, -0.1) is 6.42 Å². The third-order valence-corrected chi connectivity index (χ3v) is 2.95. The third-order valence-electron chi connectivity index (χ3n) is 2.95. The van der Waals surface area contributed by atoms with Crippen molar-refractivity contribution in [2.75, 3.05) is 26.2 Å². The summed E-state index contributed by atoms with van der Waals surface area (Å²) < 4.78 is 11.1. The minimum Gasteiger partial charge on any atom is -0.389 e. The summed E-state index contributed by atoms with van der Waals surface area (Å²) in [6.07, 6.45) is 5.24. The molecule has 1 saturated heterocycles. The van der Waals surface area contributed by atoms with E-state index < -0.39 is 11.7 Å². The Labute approximate surface area is 110 Å². The van der Waals surface area contributed by atoms with Gasteiger partial charge in [0.25, 0.3) is 0 Å². The van der Waals surface area contributed by atoms with Gasteiger partial charge in [-0.1, -0.05) is 5.92 Å². The van der Waals surface area contributed by atoms with E-state index in [1.54, 1.807) is 0 Å². The van der Waals surface area contributed by atoms with Gasteiger partial charge in [-0.2, -0.15) is 0 Å². The van der Waals surface area contributed by atoms with Crippen molar-refractivity contribution in [1.82, 2.24) is 4.90 Å². The van der Waals surface area contributed by atoms with Crippen molar-refractivity contribution in [3.63, 3.8) is 0 Å². The van der Waals surface area contributed by atoms with Gasteiger partial charge < -0.3 is 14.6 Å². The first-order valence-corrected chi connectivity index (χ1v) is 6.50. The number of β-amino-alcohol motifs (C(OH)–C–C–N with tert-alkyl or cyclic N) is 1. The van der Waals surface area contributed by atoms with Gasteiger partial charge >= 0.3 is 0 Å². The van der Waals surface area contributed by atoms with E-state index in [4.69, 9.17) is 15.9 Å². The van der Waals surface area contributed by atoms with E-state index in [1.807, 2.05) is 27.7 Å². The Bertz CT molecular complexity index is 288. The molecule has 1 fully saturated rings. The molecule has 0 aliphatic carbocycles. The van der Waals surface area contributed by atoms with Crippen molar-refractivity contribution < 1.29 is 14.6 Å². The summed E-state index contributed by atoms with van der Waals surface area (Å²) in [7, 11) is 0. The van der Waals surface area contributed by atoms with Crippen molar-refractivity contribution in [2.24, 2.45) is 0 Å². The largest absolute Gasteiger partial charge is 0.389 e. The standard InChI is InChI=1S/C14H25NO3/c1-6-14(4,5)17-10-13(16)9-15-7-11(2)18-12(3)8-15/h1,11-13,16H,7-10H2,2-5H3/t11-,12-,13-/m1/s1. The molecule has 4 heteroatoms. The SMILES string of the molecule is C#CC(C)(C)OC[C@H](O)CN1C[C@@H](C)O[C@H](C)C1. The van der Waals surface area contributed by atoms with Crippen LogP contribution in [-0.4, -0.2) is 60.2 Å². The zero-order valence-corrected chi connectivity index (χ0v) is 11.8. The lowest BCUT2D eigenvalue weighted by atomic mass is 10.1. The highest BCUT2D eigenvalue weighted by atomic mass is 16.5. The van der Waals surface area contributed by atoms with E-state index in [0.717, 1.165) is 13.1 Å². The van der Waals surface area contributed by atoms with Crippen LogP contribution in [0.1, 0.15) is 27.7 Å². The predicted molar refractivity (Wildman–Crippen MR) is 71.3 cm³/mol. The van der Waals surface area contributed by atoms with E-state index >= 15 is 0 Å². The molecule has 4 nitrogen and oxygen atoms in total. The lowest BCUT2D eigenvalue weighted by Crippen LogP contribution is -2.48. The number of ether oxygens (including phenoxy) is 2. The molecular weight excluding hydrogens is 230 g/mol. The quantitative estimate of drug-likeness (QED) is 0.741. The van der Waals surface area contributed by atoms with E-state index in [9.17, 15) is 5.11 Å². The average molecular weight is 255 g/mol. The van der Waals surface area contributed by atoms with E-state index in [0.29, 0.717) is 6.54 Å². The second-order valence-electron chi connectivity index (χ2n) is 5.60. The number of hydrogen-bond donors (Lipinski definition) is 1. The first-order valence-electron chi connectivity index (χ1n) is 6.50. The molecule has 0 aromatic rings. The molecule has 3 atom stereocenters. The normalized spacial score (nSPS) is 27.8. The Hall–Kier alpha value is -0.600. The summed E-state index contributed by atoms with van der Waals surface area (Å²) in [4.78, 5) is 2.20. The molecular formula is C14H25NO3. The van der Waals surface area contributed by atoms with Crippen molar-refractivity contribution in [3.8, 4) is 12.3 Å². The molecule has 0 radical (unpaired) electrons. The van der Waals surface area contributed by atoms with Gasteiger partial charge in [-0.25, -0.2) is 0 Å². The molecule has 0 spiro atoms. The van der Waals surface area contributed by atoms with Crippen LogP contribution in [-0.2, 0) is 9.47 Å². The van der Waals surface area contributed by atoms with Crippen molar-refractivity contribution >= 4 is 0 Å². The molecule has 1 heterocycles. The number of nitrogens with zero attached hydrogens (tertiary/aromatic N) is 1. The molecule has 1 aliphatic rings. The molecule has 1 N–H and O–H groups in total. The molecule has 0 saturated carbocycles. The fourth-order valence-corrected chi connectivity index (χ4v) is 2.13. The molecule has 0 bridgehead atoms. The number of rotatable bonds is 5. The Morgan fingerprint density at radius 3 is 2.50 bits per heavy atom. The molecule has 18 heavy (non-hydrogen) atoms. The molecule has 0 aromatic carbocycles. The van der Waals surface area contributed by atoms with Crippen LogP contribution in [0.25, 0.3) is 0 Å². The van der Waals surface area contributed by atoms with Gasteiger partial charge in [0.05, 0.1) is 24.9 Å². The summed E-state index contributed by atoms with van der Waals surface area (Å²) in [5.41, 5.74) is -0.618. The first-order chi connectivity index (χ1) is 8.32. The molecule has 0 aromatic heterocycles. The lowest BCUT2D eigenvalue weighted by Gasteiger charge is -2.36. The van der Waals surface area contributed by atoms with Crippen LogP contribution in [0.2, 0.25) is 0 Å². The monoisotopic (exact) mass is 255 g/mol. The smallest absolute Gasteiger partial charge is 0.122 e. The van der Waals surface area contributed by atoms with Crippen LogP contribution in [0.3, 0.4) is 0 Å². The summed E-state index contributed by atoms with van der Waals surface area (Å²) in [5.74, 6) is 2.55. The van der Waals surface area contributed by atoms with E-state index in [1.165, 1.54) is 0 Å². The number of morpholine rings is 1. The fourth-order valence-electron chi connectivity index (χ4n) is 2.13. The average Bonchev–Trinajstić information content (AvgIpc) is 2.25. The van der Waals surface area contributed by atoms with Crippen molar-refractivity contribution in [1.29, 1.82) is 0 Å². The van der Waals surface area contributed by atoms with E-state index in [-0.39, 0.29) is 18.8 Å². The van der Waals surface area contributed by atoms with Crippen LogP contribution in [0.15, 0.2) is 0 Å². The highest BCUT2D eigenvalue weighted by molar-refractivity contribution is 5.02. The van der Waals surface area contributed by atoms with Gasteiger partial charge in [0.2, 0.25) is 0 Å². The van der Waals surface area contributed by atoms with Crippen molar-refractivity contribution in [2.45, 2.75) is 51.6 Å². The van der Waals surface area contributed by atoms with E-state index in [2.05, 4.69) is 10.8 Å². The number of hydrogen-bond acceptors (Lipinski definition) is 4. The number of aliphatic hydroxyl groups excluding tert-OH is 1. The van der Waals surface area contributed by atoms with Gasteiger partial charge in [0.15, 0.2) is 0 Å². The van der Waals surface area contributed by atoms with Crippen LogP contribution >= 0.6 is 0 Å². The molecule has 0 amide bonds. The van der Waals surface area contributed by atoms with Gasteiger partial charge in [-0.05, 0) is 27.7 Å². The topological polar surface area (TPSA) is 41.9 Å². The highest BCUT2D eigenvalue weighted by Crippen LogP contribution is 2.12. The zero-order valence-electron chi connectivity index (χ0n) is 11.8. The lowest BCUT2D eigenvalue weighted by molar-refractivity contribution is -0.0885. The maximum absolute atomic E-state index is 9.96. The summed E-state index contributed by atoms with van der Waals surface area (Å²) in [5, 5.41) is 9.96. The van der Waals surface area contributed by atoms with Crippen molar-refractivity contribution in [3.05, 3.63) is 0 Å². The molecule has 1 rings (SSSR count). The third kappa shape index (κ3) is 5.36. The maximum Gasteiger partial charge on any atom is 0.122 e. The Balaban J connectivity index is 2.32. The Kier molecular flexibility index (Phi) is 5.61. The molecule has 104 valence electrons. The molecule has 1 aliphatic heterocycles. The fraction of sp³-hybridized carbons (Fsp3) is 0.857. The highest BCUT2D eigenvalue weighted by Gasteiger charge is 2.24. The van der Waals surface area contributed by atoms with Gasteiger partial charge in [0, 0.05) is 19.6 Å². The van der Waals surface area contributed by atoms with Gasteiger partial charge in [0.1, 0.15) is 5.60 Å². The minimum absolute atomic E-state index is 0.212. The van der Waals surface area contributed by atoms with Crippen LogP contribution in [0.4, 0.5) is 0 Å². The number of aliphatic hydroxyl groups is 1. The summed E-state index contributed by atoms with van der Waals surface area (Å²) in [6, 6.07) is 0. The maximum atomic E-state index is 9.96. The zero-order chi connectivity index (χ0) is 13.8. The predicted octanol–water partition coefficient (Wildman–Crippen LogP) is 0.885. The summed E-state index contributed by atoms with van der Waals surface area (Å²) >= 11 is 0. The first kappa shape index (κ1) is 15.5. The Morgan fingerprint density at radius 1 is 1.44 bits per heavy atom. The Morgan fingerprint density at radius 2 is 2.00 bits per heavy atom. The molecule has 0 unspecified atom stereocenters. The number of terminal acetylenes is 1. The van der Waals surface area contributed by atoms with Crippen LogP contribution in [0, 0.1) is 12.3 Å². The minimum atomic E-state index is -0.618. The second kappa shape index (κ2) is 6.53. The van der Waals surface area contributed by atoms with Crippen LogP contribution < -0.4 is 0 Å². The van der Waals surface area contributed by atoms with Crippen LogP contribution in [0.5, 0.6) is 0 Å².